The molecule has 3 aromatic carbocycles. The molecular formula is C33H37N7O3. The van der Waals surface area contributed by atoms with Crippen molar-refractivity contribution in [3.8, 4) is 5.75 Å². The first-order chi connectivity index (χ1) is 20.8. The molecule has 0 bridgehead atoms. The third-order valence-corrected chi connectivity index (χ3v) is 7.78. The highest BCUT2D eigenvalue weighted by atomic mass is 16.5. The lowest BCUT2D eigenvalue weighted by molar-refractivity contribution is 0.1000. The molecule has 0 radical (unpaired) electrons. The molecule has 0 fully saturated rings. The lowest BCUT2D eigenvalue weighted by atomic mass is 10.0. The number of primary amides is 1. The first-order valence-electron chi connectivity index (χ1n) is 14.4. The number of anilines is 5. The number of aromatic nitrogens is 2. The molecule has 0 saturated heterocycles. The number of nitrogens with two attached hydrogens (primary N) is 1. The van der Waals surface area contributed by atoms with E-state index in [2.05, 4.69) is 41.2 Å². The molecular weight excluding hydrogens is 542 g/mol. The van der Waals surface area contributed by atoms with E-state index in [1.165, 1.54) is 10.5 Å². The van der Waals surface area contributed by atoms with Gasteiger partial charge in [0.25, 0.3) is 0 Å². The quantitative estimate of drug-likeness (QED) is 0.222. The van der Waals surface area contributed by atoms with Crippen LogP contribution in [0.4, 0.5) is 33.6 Å². The van der Waals surface area contributed by atoms with Gasteiger partial charge in [0.15, 0.2) is 5.82 Å². The Kier molecular flexibility index (Phi) is 8.87. The molecule has 1 atom stereocenters. The number of hydrogen-bond donors (Lipinski definition) is 2. The van der Waals surface area contributed by atoms with E-state index < -0.39 is 5.91 Å². The summed E-state index contributed by atoms with van der Waals surface area (Å²) in [5.41, 5.74) is 9.83. The zero-order valence-corrected chi connectivity index (χ0v) is 24.9. The van der Waals surface area contributed by atoms with Crippen molar-refractivity contribution >= 4 is 40.8 Å². The zero-order chi connectivity index (χ0) is 30.5. The van der Waals surface area contributed by atoms with Gasteiger partial charge < -0.3 is 20.7 Å². The normalized spacial score (nSPS) is 14.5. The molecule has 3 amide bonds. The summed E-state index contributed by atoms with van der Waals surface area (Å²) < 4.78 is 5.31. The molecule has 0 spiro atoms. The van der Waals surface area contributed by atoms with Crippen molar-refractivity contribution < 1.29 is 14.3 Å². The number of ether oxygens (including phenoxy) is 1. The Morgan fingerprint density at radius 3 is 2.47 bits per heavy atom. The van der Waals surface area contributed by atoms with E-state index in [1.807, 2.05) is 43.3 Å². The Hall–Kier alpha value is -4.96. The standard InChI is InChI=1S/C33H37N7O3/c1-5-38(6-2)18-17-23-9-7-11-25(19-23)36-32-35-21-29-22(3)39(26-13-15-28(43-4)16-14-26)33(42)40(31(29)37-32)27-12-8-10-24(20-27)30(34)41/h7-16,19-22H,5-6,17-18H2,1-4H3,(H2,34,41)(H,35,36,37). The fraction of sp³-hybridized carbons (Fsp3) is 0.273. The van der Waals surface area contributed by atoms with Gasteiger partial charge in [-0.1, -0.05) is 32.0 Å². The first kappa shape index (κ1) is 29.5. The van der Waals surface area contributed by atoms with Crippen LogP contribution in [0.5, 0.6) is 5.75 Å². The summed E-state index contributed by atoms with van der Waals surface area (Å²) >= 11 is 0. The molecule has 0 saturated carbocycles. The van der Waals surface area contributed by atoms with Gasteiger partial charge in [-0.2, -0.15) is 4.98 Å². The van der Waals surface area contributed by atoms with Crippen LogP contribution in [0.2, 0.25) is 0 Å². The zero-order valence-electron chi connectivity index (χ0n) is 24.9. The van der Waals surface area contributed by atoms with Gasteiger partial charge in [0, 0.05) is 35.2 Å². The molecule has 43 heavy (non-hydrogen) atoms. The summed E-state index contributed by atoms with van der Waals surface area (Å²) in [5, 5.41) is 3.32. The third-order valence-electron chi connectivity index (χ3n) is 7.78. The molecule has 2 heterocycles. The monoisotopic (exact) mass is 579 g/mol. The molecule has 1 unspecified atom stereocenters. The van der Waals surface area contributed by atoms with E-state index >= 15 is 0 Å². The molecule has 3 N–H and O–H groups in total. The molecule has 222 valence electrons. The van der Waals surface area contributed by atoms with E-state index in [0.717, 1.165) is 37.3 Å². The number of fused-ring (bicyclic) bond motifs is 1. The maximum Gasteiger partial charge on any atom is 0.335 e. The molecule has 10 nitrogen and oxygen atoms in total. The Morgan fingerprint density at radius 1 is 1.02 bits per heavy atom. The number of carbonyl (C=O) groups is 2. The number of amides is 3. The minimum absolute atomic E-state index is 0.287. The summed E-state index contributed by atoms with van der Waals surface area (Å²) in [5.74, 6) is 0.883. The van der Waals surface area contributed by atoms with Crippen LogP contribution in [0.1, 0.15) is 48.3 Å². The van der Waals surface area contributed by atoms with Crippen LogP contribution >= 0.6 is 0 Å². The van der Waals surface area contributed by atoms with E-state index in [-0.39, 0.29) is 17.6 Å². The summed E-state index contributed by atoms with van der Waals surface area (Å²) in [6, 6.07) is 21.4. The topological polar surface area (TPSA) is 117 Å². The van der Waals surface area contributed by atoms with Crippen molar-refractivity contribution in [3.63, 3.8) is 0 Å². The maximum absolute atomic E-state index is 14.2. The van der Waals surface area contributed by atoms with Gasteiger partial charge in [-0.15, -0.1) is 0 Å². The van der Waals surface area contributed by atoms with Crippen LogP contribution < -0.4 is 25.6 Å². The van der Waals surface area contributed by atoms with Crippen LogP contribution in [0.3, 0.4) is 0 Å². The maximum atomic E-state index is 14.2. The van der Waals surface area contributed by atoms with Crippen LogP contribution in [-0.2, 0) is 6.42 Å². The van der Waals surface area contributed by atoms with Crippen molar-refractivity contribution in [2.24, 2.45) is 5.73 Å². The summed E-state index contributed by atoms with van der Waals surface area (Å²) in [4.78, 5) is 41.3. The van der Waals surface area contributed by atoms with Gasteiger partial charge in [-0.3, -0.25) is 9.69 Å². The predicted molar refractivity (Wildman–Crippen MR) is 170 cm³/mol. The third kappa shape index (κ3) is 6.29. The Bertz CT molecular complexity index is 1600. The minimum Gasteiger partial charge on any atom is -0.497 e. The van der Waals surface area contributed by atoms with E-state index in [1.54, 1.807) is 42.5 Å². The highest BCUT2D eigenvalue weighted by Crippen LogP contribution is 2.42. The molecule has 10 heteroatoms. The van der Waals surface area contributed by atoms with Gasteiger partial charge >= 0.3 is 6.03 Å². The van der Waals surface area contributed by atoms with E-state index in [9.17, 15) is 9.59 Å². The fourth-order valence-corrected chi connectivity index (χ4v) is 5.29. The average Bonchev–Trinajstić information content (AvgIpc) is 3.02. The van der Waals surface area contributed by atoms with Gasteiger partial charge in [0.05, 0.1) is 18.8 Å². The molecule has 1 aliphatic heterocycles. The van der Waals surface area contributed by atoms with Gasteiger partial charge in [0.2, 0.25) is 11.9 Å². The second kappa shape index (κ2) is 12.9. The number of nitrogens with zero attached hydrogens (tertiary/aromatic N) is 5. The number of urea groups is 1. The molecule has 0 aliphatic carbocycles. The number of rotatable bonds is 11. The van der Waals surface area contributed by atoms with Crippen LogP contribution in [0, 0.1) is 0 Å². The van der Waals surface area contributed by atoms with Crippen LogP contribution in [0.25, 0.3) is 0 Å². The average molecular weight is 580 g/mol. The number of carbonyl (C=O) groups excluding carboxylic acids is 2. The van der Waals surface area contributed by atoms with Gasteiger partial charge in [0.1, 0.15) is 5.75 Å². The molecule has 1 aliphatic rings. The Balaban J connectivity index is 1.52. The number of benzene rings is 3. The lowest BCUT2D eigenvalue weighted by Gasteiger charge is -2.40. The highest BCUT2D eigenvalue weighted by molar-refractivity contribution is 6.11. The van der Waals surface area contributed by atoms with Crippen LogP contribution in [0.15, 0.2) is 79.0 Å². The van der Waals surface area contributed by atoms with Crippen molar-refractivity contribution in [1.82, 2.24) is 14.9 Å². The van der Waals surface area contributed by atoms with Crippen molar-refractivity contribution in [2.45, 2.75) is 33.2 Å². The second-order valence-electron chi connectivity index (χ2n) is 10.4. The fourth-order valence-electron chi connectivity index (χ4n) is 5.29. The van der Waals surface area contributed by atoms with Crippen molar-refractivity contribution in [3.05, 3.63) is 95.7 Å². The van der Waals surface area contributed by atoms with Crippen LogP contribution in [-0.4, -0.2) is 53.6 Å². The smallest absolute Gasteiger partial charge is 0.335 e. The number of hydrogen-bond acceptors (Lipinski definition) is 7. The Morgan fingerprint density at radius 2 is 1.77 bits per heavy atom. The molecule has 4 aromatic rings. The van der Waals surface area contributed by atoms with Gasteiger partial charge in [-0.05, 0) is 86.6 Å². The Labute approximate surface area is 252 Å². The van der Waals surface area contributed by atoms with E-state index in [0.29, 0.717) is 28.9 Å². The van der Waals surface area contributed by atoms with Crippen molar-refractivity contribution in [1.29, 1.82) is 0 Å². The summed E-state index contributed by atoms with van der Waals surface area (Å²) in [6.45, 7) is 9.30. The largest absolute Gasteiger partial charge is 0.497 e. The lowest BCUT2D eigenvalue weighted by Crippen LogP contribution is -2.47. The minimum atomic E-state index is -0.585. The SMILES string of the molecule is CCN(CC)CCc1cccc(Nc2ncc3c(n2)N(c2cccc(C(N)=O)c2)C(=O)N(c2ccc(OC)cc2)C3C)c1. The van der Waals surface area contributed by atoms with E-state index in [4.69, 9.17) is 15.5 Å². The second-order valence-corrected chi connectivity index (χ2v) is 10.4. The number of nitrogens with one attached hydrogen (secondary N) is 1. The highest BCUT2D eigenvalue weighted by Gasteiger charge is 2.39. The predicted octanol–water partition coefficient (Wildman–Crippen LogP) is 6.05. The molecule has 5 rings (SSSR count). The number of methoxy groups -OCH3 is 1. The first-order valence-corrected chi connectivity index (χ1v) is 14.4. The molecule has 1 aromatic heterocycles. The summed E-state index contributed by atoms with van der Waals surface area (Å²) in [6.07, 6.45) is 2.67. The van der Waals surface area contributed by atoms with Crippen molar-refractivity contribution in [2.75, 3.05) is 41.9 Å². The number of likely N-dealkylation sites (N-methyl/N-ethyl adjacent to an activating group) is 1. The van der Waals surface area contributed by atoms with Gasteiger partial charge in [-0.25, -0.2) is 14.7 Å². The summed E-state index contributed by atoms with van der Waals surface area (Å²) in [7, 11) is 1.60.